The molecule has 0 aliphatic carbocycles. The van der Waals surface area contributed by atoms with E-state index in [1.165, 1.54) is 0 Å². The lowest BCUT2D eigenvalue weighted by atomic mass is 9.83. The van der Waals surface area contributed by atoms with Crippen LogP contribution >= 0.6 is 0 Å². The molecule has 6 nitrogen and oxygen atoms in total. The summed E-state index contributed by atoms with van der Waals surface area (Å²) in [5.41, 5.74) is 3.10. The lowest BCUT2D eigenvalue weighted by Crippen LogP contribution is -2.49. The molecule has 4 heterocycles. The van der Waals surface area contributed by atoms with Crippen LogP contribution < -0.4 is 5.56 Å². The molecule has 1 aromatic heterocycles. The van der Waals surface area contributed by atoms with Crippen LogP contribution in [0.25, 0.3) is 0 Å². The second kappa shape index (κ2) is 8.33. The summed E-state index contributed by atoms with van der Waals surface area (Å²) in [6, 6.07) is 13.3. The van der Waals surface area contributed by atoms with Gasteiger partial charge in [0, 0.05) is 62.4 Å². The highest BCUT2D eigenvalue weighted by Crippen LogP contribution is 2.35. The van der Waals surface area contributed by atoms with Gasteiger partial charge in [0.15, 0.2) is 0 Å². The molecule has 2 atom stereocenters. The Morgan fingerprint density at radius 3 is 2.68 bits per heavy atom. The fraction of sp³-hybridized carbons (Fsp3) is 0.480. The number of likely N-dealkylation sites (tertiary alicyclic amines) is 1. The lowest BCUT2D eigenvalue weighted by molar-refractivity contribution is -0.134. The van der Waals surface area contributed by atoms with Gasteiger partial charge in [-0.05, 0) is 42.9 Å². The summed E-state index contributed by atoms with van der Waals surface area (Å²) in [5.74, 6) is 1.00. The highest BCUT2D eigenvalue weighted by atomic mass is 16.2. The van der Waals surface area contributed by atoms with Crippen LogP contribution in [-0.2, 0) is 17.9 Å². The Morgan fingerprint density at radius 1 is 0.935 bits per heavy atom. The zero-order valence-corrected chi connectivity index (χ0v) is 17.8. The van der Waals surface area contributed by atoms with E-state index in [0.717, 1.165) is 68.7 Å². The minimum absolute atomic E-state index is 0.0755. The summed E-state index contributed by atoms with van der Waals surface area (Å²) in [5, 5.41) is 0. The average molecular weight is 420 g/mol. The number of benzene rings is 1. The molecular formula is C25H29N3O3. The Labute approximate surface area is 182 Å². The second-order valence-corrected chi connectivity index (χ2v) is 9.19. The zero-order valence-electron chi connectivity index (χ0n) is 17.8. The molecule has 3 aliphatic rings. The summed E-state index contributed by atoms with van der Waals surface area (Å²) in [6.45, 7) is 3.66. The minimum Gasteiger partial charge on any atom is -0.342 e. The fourth-order valence-corrected chi connectivity index (χ4v) is 5.51. The Morgan fingerprint density at radius 2 is 1.81 bits per heavy atom. The smallest absolute Gasteiger partial charge is 0.254 e. The number of piperidine rings is 1. The third-order valence-corrected chi connectivity index (χ3v) is 7.05. The number of hydrogen-bond donors (Lipinski definition) is 0. The molecule has 0 radical (unpaired) electrons. The van der Waals surface area contributed by atoms with Gasteiger partial charge in [0.2, 0.25) is 5.91 Å². The molecule has 2 bridgehead atoms. The van der Waals surface area contributed by atoms with Crippen molar-refractivity contribution in [3.8, 4) is 0 Å². The molecule has 3 aliphatic heterocycles. The van der Waals surface area contributed by atoms with Gasteiger partial charge in [-0.2, -0.15) is 0 Å². The molecule has 6 heteroatoms. The first-order valence-electron chi connectivity index (χ1n) is 11.4. The van der Waals surface area contributed by atoms with Crippen LogP contribution in [0.3, 0.4) is 0 Å². The van der Waals surface area contributed by atoms with Gasteiger partial charge in [0.1, 0.15) is 0 Å². The highest BCUT2D eigenvalue weighted by Gasteiger charge is 2.36. The van der Waals surface area contributed by atoms with E-state index >= 15 is 0 Å². The van der Waals surface area contributed by atoms with Gasteiger partial charge in [0.25, 0.3) is 11.5 Å². The Balaban J connectivity index is 1.08. The lowest BCUT2D eigenvalue weighted by Gasteiger charge is -2.42. The summed E-state index contributed by atoms with van der Waals surface area (Å²) in [4.78, 5) is 41.3. The van der Waals surface area contributed by atoms with Crippen molar-refractivity contribution in [1.82, 2.24) is 14.4 Å². The molecule has 162 valence electrons. The van der Waals surface area contributed by atoms with Crippen LogP contribution in [0.2, 0.25) is 0 Å². The summed E-state index contributed by atoms with van der Waals surface area (Å²) in [6.07, 6.45) is 4.36. The van der Waals surface area contributed by atoms with Crippen LogP contribution in [0.5, 0.6) is 0 Å². The predicted molar refractivity (Wildman–Crippen MR) is 118 cm³/mol. The molecule has 5 rings (SSSR count). The topological polar surface area (TPSA) is 62.6 Å². The number of carbonyl (C=O) groups excluding carboxylic acids is 2. The minimum atomic E-state index is 0.0755. The van der Waals surface area contributed by atoms with Crippen LogP contribution in [-0.4, -0.2) is 45.8 Å². The molecule has 0 spiro atoms. The standard InChI is InChI=1S/C25H29N3O3/c29-23(10-2-1-5-12-26-16-19-7-3-4-8-21(19)25(26)31)27-14-18-13-20(17-27)22-9-6-11-24(30)28(22)15-18/h3-4,6-9,11,18,20H,1-2,5,10,12-17H2/t18-,20+/m1/s1. The Hall–Kier alpha value is -2.89. The highest BCUT2D eigenvalue weighted by molar-refractivity contribution is 5.98. The number of rotatable bonds is 6. The maximum absolute atomic E-state index is 12.8. The Kier molecular flexibility index (Phi) is 5.38. The summed E-state index contributed by atoms with van der Waals surface area (Å²) in [7, 11) is 0. The second-order valence-electron chi connectivity index (χ2n) is 9.19. The van der Waals surface area contributed by atoms with Gasteiger partial charge in [-0.1, -0.05) is 30.7 Å². The predicted octanol–water partition coefficient (Wildman–Crippen LogP) is 3.01. The molecule has 0 saturated carbocycles. The van der Waals surface area contributed by atoms with Crippen molar-refractivity contribution in [1.29, 1.82) is 0 Å². The van der Waals surface area contributed by atoms with E-state index in [2.05, 4.69) is 0 Å². The van der Waals surface area contributed by atoms with Crippen molar-refractivity contribution < 1.29 is 9.59 Å². The maximum Gasteiger partial charge on any atom is 0.254 e. The number of nitrogens with zero attached hydrogens (tertiary/aromatic N) is 3. The number of hydrogen-bond acceptors (Lipinski definition) is 3. The number of fused-ring (bicyclic) bond motifs is 5. The molecule has 0 N–H and O–H groups in total. The van der Waals surface area contributed by atoms with Crippen molar-refractivity contribution in [3.05, 3.63) is 69.6 Å². The number of unbranched alkanes of at least 4 members (excludes halogenated alkanes) is 2. The summed E-state index contributed by atoms with van der Waals surface area (Å²) < 4.78 is 1.90. The molecule has 1 aromatic carbocycles. The van der Waals surface area contributed by atoms with E-state index in [1.807, 2.05) is 50.8 Å². The molecule has 1 fully saturated rings. The van der Waals surface area contributed by atoms with Gasteiger partial charge >= 0.3 is 0 Å². The van der Waals surface area contributed by atoms with E-state index in [-0.39, 0.29) is 23.3 Å². The maximum atomic E-state index is 12.8. The quantitative estimate of drug-likeness (QED) is 0.676. The van der Waals surface area contributed by atoms with Crippen molar-refractivity contribution in [3.63, 3.8) is 0 Å². The van der Waals surface area contributed by atoms with Gasteiger partial charge < -0.3 is 14.4 Å². The van der Waals surface area contributed by atoms with E-state index in [9.17, 15) is 14.4 Å². The molecular weight excluding hydrogens is 390 g/mol. The number of amides is 2. The summed E-state index contributed by atoms with van der Waals surface area (Å²) >= 11 is 0. The van der Waals surface area contributed by atoms with Crippen LogP contribution in [0, 0.1) is 5.92 Å². The van der Waals surface area contributed by atoms with E-state index in [4.69, 9.17) is 0 Å². The molecule has 0 unspecified atom stereocenters. The average Bonchev–Trinajstić information content (AvgIpc) is 3.10. The molecule has 2 amide bonds. The number of carbonyl (C=O) groups is 2. The van der Waals surface area contributed by atoms with Gasteiger partial charge in [0.05, 0.1) is 0 Å². The monoisotopic (exact) mass is 419 g/mol. The Bertz CT molecular complexity index is 1060. The number of pyridine rings is 1. The van der Waals surface area contributed by atoms with E-state index in [0.29, 0.717) is 18.9 Å². The normalized spacial score (nSPS) is 21.7. The molecule has 1 saturated heterocycles. The molecule has 31 heavy (non-hydrogen) atoms. The van der Waals surface area contributed by atoms with Crippen LogP contribution in [0.4, 0.5) is 0 Å². The van der Waals surface area contributed by atoms with Crippen molar-refractivity contribution in [2.45, 2.75) is 51.1 Å². The van der Waals surface area contributed by atoms with Gasteiger partial charge in [-0.3, -0.25) is 14.4 Å². The fourth-order valence-electron chi connectivity index (χ4n) is 5.51. The first-order chi connectivity index (χ1) is 15.1. The third kappa shape index (κ3) is 3.91. The van der Waals surface area contributed by atoms with E-state index in [1.54, 1.807) is 6.07 Å². The largest absolute Gasteiger partial charge is 0.342 e. The zero-order chi connectivity index (χ0) is 21.4. The van der Waals surface area contributed by atoms with Crippen molar-refractivity contribution >= 4 is 11.8 Å². The van der Waals surface area contributed by atoms with Crippen LogP contribution in [0.1, 0.15) is 59.6 Å². The van der Waals surface area contributed by atoms with Gasteiger partial charge in [-0.15, -0.1) is 0 Å². The van der Waals surface area contributed by atoms with Crippen molar-refractivity contribution in [2.75, 3.05) is 19.6 Å². The third-order valence-electron chi connectivity index (χ3n) is 7.05. The van der Waals surface area contributed by atoms with Crippen molar-refractivity contribution in [2.24, 2.45) is 5.92 Å². The molecule has 2 aromatic rings. The first kappa shape index (κ1) is 20.0. The first-order valence-corrected chi connectivity index (χ1v) is 11.4. The van der Waals surface area contributed by atoms with Crippen LogP contribution in [0.15, 0.2) is 47.3 Å². The van der Waals surface area contributed by atoms with Gasteiger partial charge in [-0.25, -0.2) is 0 Å². The van der Waals surface area contributed by atoms with E-state index < -0.39 is 0 Å². The number of aromatic nitrogens is 1. The SMILES string of the molecule is O=C(CCCCCN1Cc2ccccc2C1=O)N1C[C@H]2C[C@@H](C1)c1cccc(=O)n1C2.